The number of para-hydroxylation sites is 1. The molecule has 0 aliphatic rings. The quantitative estimate of drug-likeness (QED) is 0.172. The number of aromatic nitrogens is 2. The van der Waals surface area contributed by atoms with Crippen LogP contribution in [0.25, 0.3) is 21.8 Å². The second-order valence-electron chi connectivity index (χ2n) is 7.09. The minimum atomic E-state index is -0.179. The van der Waals surface area contributed by atoms with Gasteiger partial charge in [-0.05, 0) is 42.8 Å². The first-order chi connectivity index (χ1) is 15.7. The topological polar surface area (TPSA) is 87.2 Å². The zero-order valence-electron chi connectivity index (χ0n) is 17.3. The first-order valence-electron chi connectivity index (χ1n) is 10.2. The van der Waals surface area contributed by atoms with Gasteiger partial charge >= 0.3 is 0 Å². The van der Waals surface area contributed by atoms with Crippen molar-refractivity contribution in [1.82, 2.24) is 9.55 Å². The van der Waals surface area contributed by atoms with Crippen molar-refractivity contribution >= 4 is 55.2 Å². The van der Waals surface area contributed by atoms with Crippen LogP contribution in [-0.4, -0.2) is 20.9 Å². The summed E-state index contributed by atoms with van der Waals surface area (Å²) < 4.78 is 2.31. The van der Waals surface area contributed by atoms with Crippen molar-refractivity contribution in [2.75, 3.05) is 5.43 Å². The van der Waals surface area contributed by atoms with Gasteiger partial charge in [-0.15, -0.1) is 10.2 Å². The number of fused-ring (bicyclic) bond motifs is 3. The van der Waals surface area contributed by atoms with Gasteiger partial charge in [0.1, 0.15) is 0 Å². The third-order valence-electron chi connectivity index (χ3n) is 5.09. The fourth-order valence-corrected chi connectivity index (χ4v) is 4.30. The molecule has 8 heteroatoms. The van der Waals surface area contributed by atoms with E-state index < -0.39 is 0 Å². The van der Waals surface area contributed by atoms with E-state index in [-0.39, 0.29) is 5.88 Å². The summed E-state index contributed by atoms with van der Waals surface area (Å²) in [5.74, 6) is -0.179. The van der Waals surface area contributed by atoms with Crippen molar-refractivity contribution in [2.24, 2.45) is 15.3 Å². The zero-order valence-corrected chi connectivity index (χ0v) is 18.1. The molecule has 5 aromatic rings. The third-order valence-corrected chi connectivity index (χ3v) is 5.92. The van der Waals surface area contributed by atoms with E-state index >= 15 is 0 Å². The molecule has 0 saturated carbocycles. The summed E-state index contributed by atoms with van der Waals surface area (Å²) in [6.07, 6.45) is 1.74. The lowest BCUT2D eigenvalue weighted by Crippen LogP contribution is -1.93. The molecule has 0 amide bonds. The second kappa shape index (κ2) is 8.60. The SMILES string of the molecule is CCn1c2ccccc2c2cc(/C=N/Nc3nc(O)c(N=Nc4ccccc4)s3)ccc21. The van der Waals surface area contributed by atoms with Gasteiger partial charge in [0.25, 0.3) is 5.88 Å². The van der Waals surface area contributed by atoms with Crippen molar-refractivity contribution in [3.8, 4) is 5.88 Å². The minimum absolute atomic E-state index is 0.179. The maximum Gasteiger partial charge on any atom is 0.253 e. The molecule has 0 unspecified atom stereocenters. The fourth-order valence-electron chi connectivity index (χ4n) is 3.67. The highest BCUT2D eigenvalue weighted by molar-refractivity contribution is 7.19. The van der Waals surface area contributed by atoms with E-state index in [9.17, 15) is 5.11 Å². The van der Waals surface area contributed by atoms with Crippen LogP contribution in [-0.2, 0) is 6.54 Å². The first kappa shape index (κ1) is 19.9. The number of anilines is 1. The summed E-state index contributed by atoms with van der Waals surface area (Å²) in [6.45, 7) is 3.07. The van der Waals surface area contributed by atoms with Gasteiger partial charge in [-0.1, -0.05) is 53.8 Å². The summed E-state index contributed by atoms with van der Waals surface area (Å²) in [5.41, 5.74) is 6.97. The van der Waals surface area contributed by atoms with Crippen molar-refractivity contribution in [1.29, 1.82) is 0 Å². The normalized spacial score (nSPS) is 11.9. The predicted octanol–water partition coefficient (Wildman–Crippen LogP) is 6.84. The predicted molar refractivity (Wildman–Crippen MR) is 131 cm³/mol. The lowest BCUT2D eigenvalue weighted by molar-refractivity contribution is 0.459. The van der Waals surface area contributed by atoms with E-state index in [4.69, 9.17) is 0 Å². The molecule has 0 spiro atoms. The Morgan fingerprint density at radius 1 is 0.969 bits per heavy atom. The summed E-state index contributed by atoms with van der Waals surface area (Å²) in [6, 6.07) is 24.0. The number of azo groups is 1. The molecule has 7 nitrogen and oxygen atoms in total. The number of thiazole rings is 1. The van der Waals surface area contributed by atoms with Crippen molar-refractivity contribution in [3.05, 3.63) is 78.4 Å². The lowest BCUT2D eigenvalue weighted by Gasteiger charge is -2.02. The average Bonchev–Trinajstić information content (AvgIpc) is 3.35. The highest BCUT2D eigenvalue weighted by atomic mass is 32.1. The van der Waals surface area contributed by atoms with E-state index in [0.29, 0.717) is 15.8 Å². The summed E-state index contributed by atoms with van der Waals surface area (Å²) >= 11 is 1.17. The van der Waals surface area contributed by atoms with Gasteiger partial charge in [-0.25, -0.2) is 0 Å². The maximum atomic E-state index is 10.0. The molecular formula is C24H20N6OS. The Balaban J connectivity index is 1.35. The van der Waals surface area contributed by atoms with Crippen LogP contribution < -0.4 is 5.43 Å². The van der Waals surface area contributed by atoms with Crippen LogP contribution in [0, 0.1) is 0 Å². The average molecular weight is 441 g/mol. The molecule has 5 rings (SSSR count). The van der Waals surface area contributed by atoms with Gasteiger partial charge in [0.2, 0.25) is 10.1 Å². The third kappa shape index (κ3) is 3.83. The van der Waals surface area contributed by atoms with E-state index in [1.54, 1.807) is 6.21 Å². The standard InChI is InChI=1S/C24H20N6OS/c1-2-30-20-11-7-6-10-18(20)19-14-16(12-13-21(19)30)15-25-29-24-26-22(31)23(32-24)28-27-17-8-4-3-5-9-17/h3-15,31H,2H2,1H3,(H,26,29)/b25-15+,28-27?. The number of nitrogens with one attached hydrogen (secondary N) is 1. The number of aromatic hydroxyl groups is 1. The van der Waals surface area contributed by atoms with Crippen LogP contribution in [0.3, 0.4) is 0 Å². The van der Waals surface area contributed by atoms with Gasteiger partial charge < -0.3 is 9.67 Å². The molecule has 0 saturated heterocycles. The molecule has 32 heavy (non-hydrogen) atoms. The Kier molecular flexibility index (Phi) is 5.35. The Bertz CT molecular complexity index is 1450. The Morgan fingerprint density at radius 2 is 1.75 bits per heavy atom. The highest BCUT2D eigenvalue weighted by Crippen LogP contribution is 2.37. The van der Waals surface area contributed by atoms with E-state index in [1.807, 2.05) is 36.4 Å². The van der Waals surface area contributed by atoms with Gasteiger partial charge in [0, 0.05) is 28.4 Å². The Hall–Kier alpha value is -4.04. The maximum absolute atomic E-state index is 10.0. The second-order valence-corrected chi connectivity index (χ2v) is 8.07. The summed E-state index contributed by atoms with van der Waals surface area (Å²) in [7, 11) is 0. The number of nitrogens with zero attached hydrogens (tertiary/aromatic N) is 5. The Morgan fingerprint density at radius 3 is 2.59 bits per heavy atom. The molecule has 3 aromatic carbocycles. The number of hydrogen-bond donors (Lipinski definition) is 2. The fraction of sp³-hybridized carbons (Fsp3) is 0.0833. The van der Waals surface area contributed by atoms with Gasteiger partial charge in [-0.3, -0.25) is 5.43 Å². The van der Waals surface area contributed by atoms with Crippen LogP contribution in [0.5, 0.6) is 5.88 Å². The number of benzene rings is 3. The number of rotatable bonds is 6. The zero-order chi connectivity index (χ0) is 21.9. The monoisotopic (exact) mass is 440 g/mol. The molecule has 0 bridgehead atoms. The largest absolute Gasteiger partial charge is 0.491 e. The molecule has 0 atom stereocenters. The van der Waals surface area contributed by atoms with Crippen LogP contribution in [0.15, 0.2) is 88.1 Å². The first-order valence-corrected chi connectivity index (χ1v) is 11.0. The molecule has 2 aromatic heterocycles. The molecule has 0 fully saturated rings. The summed E-state index contributed by atoms with van der Waals surface area (Å²) in [5, 5.41) is 25.7. The smallest absolute Gasteiger partial charge is 0.253 e. The molecular weight excluding hydrogens is 420 g/mol. The molecule has 0 aliphatic heterocycles. The van der Waals surface area contributed by atoms with E-state index in [1.165, 1.54) is 33.1 Å². The van der Waals surface area contributed by atoms with Gasteiger partial charge in [0.15, 0.2) is 0 Å². The number of hydrogen-bond acceptors (Lipinski definition) is 7. The van der Waals surface area contributed by atoms with Gasteiger partial charge in [0.05, 0.1) is 11.9 Å². The molecule has 0 radical (unpaired) electrons. The van der Waals surface area contributed by atoms with E-state index in [0.717, 1.165) is 12.1 Å². The minimum Gasteiger partial charge on any atom is -0.491 e. The van der Waals surface area contributed by atoms with Crippen LogP contribution in [0.2, 0.25) is 0 Å². The van der Waals surface area contributed by atoms with Crippen LogP contribution in [0.4, 0.5) is 15.8 Å². The molecule has 0 aliphatic carbocycles. The van der Waals surface area contributed by atoms with Crippen molar-refractivity contribution in [2.45, 2.75) is 13.5 Å². The highest BCUT2D eigenvalue weighted by Gasteiger charge is 2.10. The van der Waals surface area contributed by atoms with Crippen LogP contribution in [0.1, 0.15) is 12.5 Å². The van der Waals surface area contributed by atoms with Crippen molar-refractivity contribution < 1.29 is 5.11 Å². The van der Waals surface area contributed by atoms with Gasteiger partial charge in [-0.2, -0.15) is 10.1 Å². The van der Waals surface area contributed by atoms with E-state index in [2.05, 4.69) is 73.6 Å². The molecule has 158 valence electrons. The summed E-state index contributed by atoms with van der Waals surface area (Å²) in [4.78, 5) is 4.05. The number of hydrazone groups is 1. The lowest BCUT2D eigenvalue weighted by atomic mass is 10.1. The number of aryl methyl sites for hydroxylation is 1. The Labute approximate surface area is 188 Å². The van der Waals surface area contributed by atoms with Crippen LogP contribution >= 0.6 is 11.3 Å². The molecule has 2 N–H and O–H groups in total. The van der Waals surface area contributed by atoms with Crippen molar-refractivity contribution in [3.63, 3.8) is 0 Å². The molecule has 2 heterocycles.